The Labute approximate surface area is 111 Å². The Bertz CT molecular complexity index is 590. The normalized spacial score (nSPS) is 10.4. The molecule has 2 rings (SSSR count). The van der Waals surface area contributed by atoms with Gasteiger partial charge in [-0.3, -0.25) is 4.79 Å². The number of ether oxygens (including phenoxy) is 1. The second-order valence-electron chi connectivity index (χ2n) is 4.25. The van der Waals surface area contributed by atoms with Crippen LogP contribution in [0.15, 0.2) is 30.3 Å². The third-order valence-electron chi connectivity index (χ3n) is 2.92. The van der Waals surface area contributed by atoms with Crippen molar-refractivity contribution in [3.05, 3.63) is 35.9 Å². The van der Waals surface area contributed by atoms with Gasteiger partial charge in [-0.2, -0.15) is 0 Å². The molecule has 0 atom stereocenters. The van der Waals surface area contributed by atoms with Gasteiger partial charge in [0.2, 0.25) is 0 Å². The zero-order valence-electron chi connectivity index (χ0n) is 10.6. The SMILES string of the molecule is COc1cccc(-c2cc(CCC(=O)O)c(N)[nH]2)c1. The van der Waals surface area contributed by atoms with E-state index in [4.69, 9.17) is 15.6 Å². The minimum Gasteiger partial charge on any atom is -0.497 e. The fraction of sp³-hybridized carbons (Fsp3) is 0.214. The van der Waals surface area contributed by atoms with Crippen molar-refractivity contribution >= 4 is 11.8 Å². The predicted molar refractivity (Wildman–Crippen MR) is 73.1 cm³/mol. The first-order chi connectivity index (χ1) is 9.10. The van der Waals surface area contributed by atoms with Crippen LogP contribution in [0.5, 0.6) is 5.75 Å². The molecule has 1 aromatic carbocycles. The number of nitrogens with one attached hydrogen (secondary N) is 1. The van der Waals surface area contributed by atoms with Gasteiger partial charge in [0, 0.05) is 17.7 Å². The van der Waals surface area contributed by atoms with Gasteiger partial charge in [0.25, 0.3) is 0 Å². The highest BCUT2D eigenvalue weighted by Crippen LogP contribution is 2.26. The third kappa shape index (κ3) is 3.07. The van der Waals surface area contributed by atoms with E-state index in [1.54, 1.807) is 7.11 Å². The molecular formula is C14H16N2O3. The lowest BCUT2D eigenvalue weighted by molar-refractivity contribution is -0.136. The highest BCUT2D eigenvalue weighted by molar-refractivity contribution is 5.69. The van der Waals surface area contributed by atoms with E-state index in [0.717, 1.165) is 22.6 Å². The molecule has 100 valence electrons. The highest BCUT2D eigenvalue weighted by Gasteiger charge is 2.09. The van der Waals surface area contributed by atoms with Crippen molar-refractivity contribution in [2.75, 3.05) is 12.8 Å². The van der Waals surface area contributed by atoms with E-state index < -0.39 is 5.97 Å². The largest absolute Gasteiger partial charge is 0.497 e. The van der Waals surface area contributed by atoms with Crippen LogP contribution >= 0.6 is 0 Å². The van der Waals surface area contributed by atoms with Crippen LogP contribution in [0.4, 0.5) is 5.82 Å². The molecule has 0 spiro atoms. The minimum atomic E-state index is -0.830. The van der Waals surface area contributed by atoms with E-state index in [1.807, 2.05) is 30.3 Å². The van der Waals surface area contributed by atoms with Crippen LogP contribution in [0.1, 0.15) is 12.0 Å². The molecule has 0 bridgehead atoms. The fourth-order valence-corrected chi connectivity index (χ4v) is 1.91. The Morgan fingerprint density at radius 3 is 2.89 bits per heavy atom. The van der Waals surface area contributed by atoms with Crippen molar-refractivity contribution in [3.8, 4) is 17.0 Å². The van der Waals surface area contributed by atoms with Gasteiger partial charge in [0.1, 0.15) is 11.6 Å². The summed E-state index contributed by atoms with van der Waals surface area (Å²) in [5.74, 6) is 0.445. The van der Waals surface area contributed by atoms with Crippen molar-refractivity contribution in [2.24, 2.45) is 0 Å². The molecule has 0 saturated carbocycles. The second kappa shape index (κ2) is 5.48. The summed E-state index contributed by atoms with van der Waals surface area (Å²) in [6.07, 6.45) is 0.487. The molecule has 0 aliphatic carbocycles. The smallest absolute Gasteiger partial charge is 0.303 e. The van der Waals surface area contributed by atoms with Crippen LogP contribution in [0.25, 0.3) is 11.3 Å². The predicted octanol–water partition coefficient (Wildman–Crippen LogP) is 2.29. The number of carbonyl (C=O) groups is 1. The van der Waals surface area contributed by atoms with Crippen molar-refractivity contribution in [3.63, 3.8) is 0 Å². The number of methoxy groups -OCH3 is 1. The maximum atomic E-state index is 10.6. The number of H-pyrrole nitrogens is 1. The van der Waals surface area contributed by atoms with Crippen molar-refractivity contribution < 1.29 is 14.6 Å². The molecule has 2 aromatic rings. The molecule has 4 N–H and O–H groups in total. The number of hydrogen-bond acceptors (Lipinski definition) is 3. The molecule has 0 fully saturated rings. The molecule has 0 aliphatic rings. The quantitative estimate of drug-likeness (QED) is 0.769. The van der Waals surface area contributed by atoms with E-state index >= 15 is 0 Å². The van der Waals surface area contributed by atoms with Crippen LogP contribution in [-0.4, -0.2) is 23.2 Å². The van der Waals surface area contributed by atoms with Gasteiger partial charge in [-0.05, 0) is 30.2 Å². The van der Waals surface area contributed by atoms with Gasteiger partial charge in [0.05, 0.1) is 7.11 Å². The van der Waals surface area contributed by atoms with E-state index in [1.165, 1.54) is 0 Å². The lowest BCUT2D eigenvalue weighted by Crippen LogP contribution is -1.98. The summed E-state index contributed by atoms with van der Waals surface area (Å²) < 4.78 is 5.17. The number of aromatic nitrogens is 1. The number of carboxylic acid groups (broad SMARTS) is 1. The molecule has 5 heteroatoms. The number of benzene rings is 1. The van der Waals surface area contributed by atoms with Crippen molar-refractivity contribution in [1.82, 2.24) is 4.98 Å². The monoisotopic (exact) mass is 260 g/mol. The van der Waals surface area contributed by atoms with Crippen LogP contribution in [0.2, 0.25) is 0 Å². The first-order valence-corrected chi connectivity index (χ1v) is 5.93. The zero-order chi connectivity index (χ0) is 13.8. The van der Waals surface area contributed by atoms with E-state index in [-0.39, 0.29) is 6.42 Å². The van der Waals surface area contributed by atoms with Crippen molar-refractivity contribution in [1.29, 1.82) is 0 Å². The Hall–Kier alpha value is -2.43. The summed E-state index contributed by atoms with van der Waals surface area (Å²) >= 11 is 0. The number of aryl methyl sites for hydroxylation is 1. The van der Waals surface area contributed by atoms with Gasteiger partial charge in [0.15, 0.2) is 0 Å². The summed E-state index contributed by atoms with van der Waals surface area (Å²) in [4.78, 5) is 13.6. The van der Waals surface area contributed by atoms with E-state index in [0.29, 0.717) is 12.2 Å². The Kier molecular flexibility index (Phi) is 3.75. The Morgan fingerprint density at radius 1 is 1.42 bits per heavy atom. The molecule has 0 amide bonds. The fourth-order valence-electron chi connectivity index (χ4n) is 1.91. The standard InChI is InChI=1S/C14H16N2O3/c1-19-11-4-2-3-9(7-11)12-8-10(14(15)16-12)5-6-13(17)18/h2-4,7-8,16H,5-6,15H2,1H3,(H,17,18). The van der Waals surface area contributed by atoms with Gasteiger partial charge >= 0.3 is 5.97 Å². The molecular weight excluding hydrogens is 244 g/mol. The highest BCUT2D eigenvalue weighted by atomic mass is 16.5. The molecule has 5 nitrogen and oxygen atoms in total. The van der Waals surface area contributed by atoms with Crippen LogP contribution in [0.3, 0.4) is 0 Å². The van der Waals surface area contributed by atoms with Gasteiger partial charge < -0.3 is 20.6 Å². The van der Waals surface area contributed by atoms with Gasteiger partial charge in [-0.1, -0.05) is 12.1 Å². The van der Waals surface area contributed by atoms with Crippen LogP contribution in [-0.2, 0) is 11.2 Å². The summed E-state index contributed by atoms with van der Waals surface area (Å²) in [7, 11) is 1.61. The minimum absolute atomic E-state index is 0.0691. The van der Waals surface area contributed by atoms with Gasteiger partial charge in [-0.25, -0.2) is 0 Å². The number of aliphatic carboxylic acids is 1. The van der Waals surface area contributed by atoms with Crippen molar-refractivity contribution in [2.45, 2.75) is 12.8 Å². The molecule has 0 saturated heterocycles. The average molecular weight is 260 g/mol. The lowest BCUT2D eigenvalue weighted by Gasteiger charge is -2.02. The maximum Gasteiger partial charge on any atom is 0.303 e. The summed E-state index contributed by atoms with van der Waals surface area (Å²) in [5.41, 5.74) is 8.49. The first kappa shape index (κ1) is 13.0. The molecule has 1 heterocycles. The number of anilines is 1. The number of nitrogens with two attached hydrogens (primary N) is 1. The van der Waals surface area contributed by atoms with E-state index in [9.17, 15) is 4.79 Å². The van der Waals surface area contributed by atoms with Crippen LogP contribution in [0, 0.1) is 0 Å². The number of aromatic amines is 1. The van der Waals surface area contributed by atoms with E-state index in [2.05, 4.69) is 4.98 Å². The van der Waals surface area contributed by atoms with Gasteiger partial charge in [-0.15, -0.1) is 0 Å². The zero-order valence-corrected chi connectivity index (χ0v) is 10.6. The summed E-state index contributed by atoms with van der Waals surface area (Å²) in [5, 5.41) is 8.69. The molecule has 0 aliphatic heterocycles. The summed E-state index contributed by atoms with van der Waals surface area (Å²) in [6, 6.07) is 9.47. The molecule has 0 radical (unpaired) electrons. The lowest BCUT2D eigenvalue weighted by atomic mass is 10.1. The summed E-state index contributed by atoms with van der Waals surface area (Å²) in [6.45, 7) is 0. The third-order valence-corrected chi connectivity index (χ3v) is 2.92. The maximum absolute atomic E-state index is 10.6. The number of nitrogen functional groups attached to an aromatic ring is 1. The Morgan fingerprint density at radius 2 is 2.21 bits per heavy atom. The second-order valence-corrected chi connectivity index (χ2v) is 4.25. The average Bonchev–Trinajstić information content (AvgIpc) is 2.78. The molecule has 0 unspecified atom stereocenters. The van der Waals surface area contributed by atoms with Crippen LogP contribution < -0.4 is 10.5 Å². The number of carboxylic acids is 1. The Balaban J connectivity index is 2.25. The first-order valence-electron chi connectivity index (χ1n) is 5.93. The number of rotatable bonds is 5. The molecule has 19 heavy (non-hydrogen) atoms. The molecule has 1 aromatic heterocycles. The number of hydrogen-bond donors (Lipinski definition) is 3. The topological polar surface area (TPSA) is 88.3 Å².